The van der Waals surface area contributed by atoms with Gasteiger partial charge >= 0.3 is 0 Å². The average Bonchev–Trinajstić information content (AvgIpc) is 2.48. The van der Waals surface area contributed by atoms with Crippen molar-refractivity contribution in [3.8, 4) is 0 Å². The van der Waals surface area contributed by atoms with Crippen LogP contribution in [-0.2, 0) is 6.42 Å². The highest BCUT2D eigenvalue weighted by atomic mass is 32.2. The first-order chi connectivity index (χ1) is 9.74. The van der Waals surface area contributed by atoms with E-state index in [4.69, 9.17) is 0 Å². The number of aryl methyl sites for hydroxylation is 1. The lowest BCUT2D eigenvalue weighted by Gasteiger charge is -2.09. The molecule has 0 spiro atoms. The normalized spacial score (nSPS) is 10.3. The number of amides is 1. The van der Waals surface area contributed by atoms with Gasteiger partial charge in [-0.05, 0) is 24.8 Å². The summed E-state index contributed by atoms with van der Waals surface area (Å²) in [5, 5.41) is 3.49. The summed E-state index contributed by atoms with van der Waals surface area (Å²) in [5.41, 5.74) is 1.97. The van der Waals surface area contributed by atoms with Gasteiger partial charge in [-0.2, -0.15) is 0 Å². The fourth-order valence-corrected chi connectivity index (χ4v) is 2.11. The predicted molar refractivity (Wildman–Crippen MR) is 80.0 cm³/mol. The zero-order valence-corrected chi connectivity index (χ0v) is 12.3. The van der Waals surface area contributed by atoms with Crippen LogP contribution < -0.4 is 5.32 Å². The van der Waals surface area contributed by atoms with E-state index in [2.05, 4.69) is 27.2 Å². The summed E-state index contributed by atoms with van der Waals surface area (Å²) >= 11 is 1.47. The van der Waals surface area contributed by atoms with E-state index < -0.39 is 0 Å². The Kier molecular flexibility index (Phi) is 5.06. The van der Waals surface area contributed by atoms with Crippen LogP contribution in [0.2, 0.25) is 0 Å². The first-order valence-corrected chi connectivity index (χ1v) is 7.58. The van der Waals surface area contributed by atoms with Crippen LogP contribution >= 0.6 is 11.8 Å². The van der Waals surface area contributed by atoms with E-state index in [0.29, 0.717) is 16.4 Å². The van der Waals surface area contributed by atoms with Crippen LogP contribution in [0.3, 0.4) is 0 Å². The van der Waals surface area contributed by atoms with Gasteiger partial charge < -0.3 is 5.32 Å². The van der Waals surface area contributed by atoms with Gasteiger partial charge in [0.1, 0.15) is 0 Å². The smallest absolute Gasteiger partial charge is 0.259 e. The number of carbonyl (C=O) groups excluding carboxylic acids is 1. The van der Waals surface area contributed by atoms with Crippen molar-refractivity contribution in [2.75, 3.05) is 11.6 Å². The number of nitrogens with zero attached hydrogens (tertiary/aromatic N) is 3. The zero-order valence-electron chi connectivity index (χ0n) is 11.5. The second-order valence-electron chi connectivity index (χ2n) is 4.16. The second-order valence-corrected chi connectivity index (χ2v) is 4.94. The Morgan fingerprint density at radius 2 is 2.25 bits per heavy atom. The molecule has 20 heavy (non-hydrogen) atoms. The van der Waals surface area contributed by atoms with Gasteiger partial charge in [-0.15, -0.1) is 0 Å². The maximum absolute atomic E-state index is 12.3. The van der Waals surface area contributed by atoms with Crippen LogP contribution in [0.25, 0.3) is 0 Å². The highest BCUT2D eigenvalue weighted by molar-refractivity contribution is 7.98. The van der Waals surface area contributed by atoms with E-state index in [-0.39, 0.29) is 5.91 Å². The van der Waals surface area contributed by atoms with Gasteiger partial charge in [-0.3, -0.25) is 9.78 Å². The van der Waals surface area contributed by atoms with Crippen LogP contribution in [0.15, 0.2) is 35.9 Å². The summed E-state index contributed by atoms with van der Waals surface area (Å²) in [5.74, 6) is -0.200. The number of pyridine rings is 1. The molecular formula is C14H16N4OS. The van der Waals surface area contributed by atoms with E-state index in [1.54, 1.807) is 30.7 Å². The number of anilines is 1. The number of hydrogen-bond donors (Lipinski definition) is 1. The number of aromatic nitrogens is 3. The Morgan fingerprint density at radius 3 is 2.90 bits per heavy atom. The second kappa shape index (κ2) is 7.00. The lowest BCUT2D eigenvalue weighted by molar-refractivity contribution is 0.102. The Labute approximate surface area is 122 Å². The highest BCUT2D eigenvalue weighted by Gasteiger charge is 2.14. The molecule has 2 aromatic heterocycles. The number of nitrogens with one attached hydrogen (secondary N) is 1. The summed E-state index contributed by atoms with van der Waals surface area (Å²) in [6, 6.07) is 3.57. The minimum Gasteiger partial charge on any atom is -0.320 e. The van der Waals surface area contributed by atoms with Crippen LogP contribution in [-0.4, -0.2) is 27.1 Å². The first kappa shape index (κ1) is 14.5. The van der Waals surface area contributed by atoms with E-state index >= 15 is 0 Å². The third kappa shape index (κ3) is 3.54. The fraction of sp³-hybridized carbons (Fsp3) is 0.286. The topological polar surface area (TPSA) is 67.8 Å². The van der Waals surface area contributed by atoms with E-state index in [0.717, 1.165) is 18.5 Å². The number of carbonyl (C=O) groups is 1. The van der Waals surface area contributed by atoms with Gasteiger partial charge in [0.15, 0.2) is 5.16 Å². The van der Waals surface area contributed by atoms with Crippen LogP contribution in [0.1, 0.15) is 29.4 Å². The van der Waals surface area contributed by atoms with Crippen molar-refractivity contribution in [1.82, 2.24) is 15.0 Å². The van der Waals surface area contributed by atoms with Gasteiger partial charge in [0, 0.05) is 12.4 Å². The molecule has 5 nitrogen and oxygen atoms in total. The fourth-order valence-electron chi connectivity index (χ4n) is 1.75. The molecule has 0 aliphatic heterocycles. The molecule has 0 radical (unpaired) electrons. The maximum Gasteiger partial charge on any atom is 0.259 e. The molecule has 0 saturated carbocycles. The Hall–Kier alpha value is -1.95. The highest BCUT2D eigenvalue weighted by Crippen LogP contribution is 2.15. The number of thioether (sulfide) groups is 1. The Bertz CT molecular complexity index is 589. The summed E-state index contributed by atoms with van der Waals surface area (Å²) < 4.78 is 0. The van der Waals surface area contributed by atoms with Gasteiger partial charge in [0.25, 0.3) is 5.91 Å². The van der Waals surface area contributed by atoms with Gasteiger partial charge in [-0.1, -0.05) is 25.1 Å². The monoisotopic (exact) mass is 288 g/mol. The Morgan fingerprint density at radius 1 is 1.40 bits per heavy atom. The Balaban J connectivity index is 2.24. The third-order valence-electron chi connectivity index (χ3n) is 2.68. The molecule has 1 amide bonds. The molecule has 0 unspecified atom stereocenters. The van der Waals surface area contributed by atoms with Crippen molar-refractivity contribution in [3.63, 3.8) is 0 Å². The summed E-state index contributed by atoms with van der Waals surface area (Å²) in [4.78, 5) is 24.8. The molecule has 0 atom stereocenters. The minimum atomic E-state index is -0.200. The molecule has 104 valence electrons. The largest absolute Gasteiger partial charge is 0.320 e. The van der Waals surface area contributed by atoms with Crippen molar-refractivity contribution < 1.29 is 4.79 Å². The van der Waals surface area contributed by atoms with Crippen molar-refractivity contribution >= 4 is 23.4 Å². The standard InChI is InChI=1S/C14H16N4OS/c1-3-5-12-11(9-16-14(18-12)20-2)13(19)17-10-6-4-7-15-8-10/h4,6-9H,3,5H2,1-2H3,(H,17,19). The number of rotatable bonds is 5. The molecule has 0 fully saturated rings. The SMILES string of the molecule is CCCc1nc(SC)ncc1C(=O)Nc1cccnc1. The third-order valence-corrected chi connectivity index (χ3v) is 3.24. The molecule has 0 aromatic carbocycles. The lowest BCUT2D eigenvalue weighted by atomic mass is 10.1. The van der Waals surface area contributed by atoms with E-state index in [1.165, 1.54) is 11.8 Å². The molecule has 2 heterocycles. The molecular weight excluding hydrogens is 272 g/mol. The van der Waals surface area contributed by atoms with Crippen molar-refractivity contribution in [1.29, 1.82) is 0 Å². The van der Waals surface area contributed by atoms with Gasteiger partial charge in [0.2, 0.25) is 0 Å². The van der Waals surface area contributed by atoms with Crippen LogP contribution in [0.5, 0.6) is 0 Å². The number of hydrogen-bond acceptors (Lipinski definition) is 5. The van der Waals surface area contributed by atoms with Crippen LogP contribution in [0, 0.1) is 0 Å². The quantitative estimate of drug-likeness (QED) is 0.677. The molecule has 0 aliphatic carbocycles. The molecule has 0 bridgehead atoms. The van der Waals surface area contributed by atoms with Gasteiger partial charge in [0.05, 0.1) is 23.1 Å². The first-order valence-electron chi connectivity index (χ1n) is 6.36. The van der Waals surface area contributed by atoms with Crippen molar-refractivity contribution in [3.05, 3.63) is 42.0 Å². The molecule has 0 saturated heterocycles. The summed E-state index contributed by atoms with van der Waals surface area (Å²) in [6.07, 6.45) is 8.46. The lowest BCUT2D eigenvalue weighted by Crippen LogP contribution is -2.16. The van der Waals surface area contributed by atoms with E-state index in [9.17, 15) is 4.79 Å². The van der Waals surface area contributed by atoms with Crippen molar-refractivity contribution in [2.24, 2.45) is 0 Å². The molecule has 1 N–H and O–H groups in total. The molecule has 6 heteroatoms. The average molecular weight is 288 g/mol. The summed E-state index contributed by atoms with van der Waals surface area (Å²) in [6.45, 7) is 2.06. The molecule has 2 aromatic rings. The maximum atomic E-state index is 12.3. The van der Waals surface area contributed by atoms with Crippen LogP contribution in [0.4, 0.5) is 5.69 Å². The summed E-state index contributed by atoms with van der Waals surface area (Å²) in [7, 11) is 0. The van der Waals surface area contributed by atoms with Crippen molar-refractivity contribution in [2.45, 2.75) is 24.9 Å². The van der Waals surface area contributed by atoms with Gasteiger partial charge in [-0.25, -0.2) is 9.97 Å². The minimum absolute atomic E-state index is 0.200. The van der Waals surface area contributed by atoms with E-state index in [1.807, 2.05) is 6.26 Å². The molecule has 0 aliphatic rings. The molecule has 2 rings (SSSR count). The predicted octanol–water partition coefficient (Wildman–Crippen LogP) is 2.80. The zero-order chi connectivity index (χ0) is 14.4.